The van der Waals surface area contributed by atoms with E-state index in [1.54, 1.807) is 17.4 Å². The zero-order valence-electron chi connectivity index (χ0n) is 10.3. The molecule has 1 N–H and O–H groups in total. The van der Waals surface area contributed by atoms with E-state index >= 15 is 0 Å². The predicted octanol–water partition coefficient (Wildman–Crippen LogP) is 3.15. The van der Waals surface area contributed by atoms with Crippen molar-refractivity contribution in [3.8, 4) is 6.07 Å². The normalized spacial score (nSPS) is 10.3. The van der Waals surface area contributed by atoms with Crippen molar-refractivity contribution in [1.29, 1.82) is 5.26 Å². The maximum Gasteiger partial charge on any atom is 0.205 e. The van der Waals surface area contributed by atoms with E-state index in [1.807, 2.05) is 18.2 Å². The Hall–Kier alpha value is -1.93. The van der Waals surface area contributed by atoms with Crippen molar-refractivity contribution >= 4 is 16.5 Å². The summed E-state index contributed by atoms with van der Waals surface area (Å²) in [7, 11) is 0. The fourth-order valence-electron chi connectivity index (χ4n) is 1.47. The van der Waals surface area contributed by atoms with Crippen molar-refractivity contribution in [3.63, 3.8) is 0 Å². The summed E-state index contributed by atoms with van der Waals surface area (Å²) in [4.78, 5) is 0. The molecule has 0 saturated carbocycles. The number of hydrogen-bond donors (Lipinski definition) is 1. The fourth-order valence-corrected chi connectivity index (χ4v) is 2.21. The highest BCUT2D eigenvalue weighted by Crippen LogP contribution is 2.22. The van der Waals surface area contributed by atoms with Crippen LogP contribution < -0.4 is 5.32 Å². The number of aromatic nitrogens is 2. The van der Waals surface area contributed by atoms with Crippen LogP contribution in [-0.2, 0) is 6.54 Å². The Morgan fingerprint density at radius 1 is 1.39 bits per heavy atom. The first-order valence-electron chi connectivity index (χ1n) is 5.75. The van der Waals surface area contributed by atoms with Gasteiger partial charge in [-0.25, -0.2) is 0 Å². The number of rotatable bonds is 4. The Bertz CT molecular complexity index is 568. The van der Waals surface area contributed by atoms with Gasteiger partial charge in [0.25, 0.3) is 0 Å². The molecule has 0 aliphatic carbocycles. The topological polar surface area (TPSA) is 61.6 Å². The Balaban J connectivity index is 2.00. The molecule has 0 aliphatic rings. The summed E-state index contributed by atoms with van der Waals surface area (Å²) in [5, 5.41) is 22.1. The van der Waals surface area contributed by atoms with Crippen molar-refractivity contribution in [2.45, 2.75) is 26.3 Å². The molecule has 1 heterocycles. The molecule has 0 fully saturated rings. The molecular formula is C13H14N4S. The third kappa shape index (κ3) is 3.05. The lowest BCUT2D eigenvalue weighted by atomic mass is 10.1. The molecule has 1 aromatic carbocycles. The predicted molar refractivity (Wildman–Crippen MR) is 72.5 cm³/mol. The molecule has 1 aromatic heterocycles. The molecule has 0 saturated heterocycles. The fraction of sp³-hybridized carbons (Fsp3) is 0.308. The maximum atomic E-state index is 8.82. The lowest BCUT2D eigenvalue weighted by Crippen LogP contribution is -1.99. The van der Waals surface area contributed by atoms with Gasteiger partial charge in [-0.1, -0.05) is 37.3 Å². The van der Waals surface area contributed by atoms with Crippen molar-refractivity contribution < 1.29 is 0 Å². The van der Waals surface area contributed by atoms with Crippen LogP contribution in [0.15, 0.2) is 24.3 Å². The molecule has 0 unspecified atom stereocenters. The molecular weight excluding hydrogens is 244 g/mol. The standard InChI is InChI=1S/C13H14N4S/c1-9(2)12-16-17-13(18-12)15-8-11-5-3-4-10(6-11)7-14/h3-6,9H,8H2,1-2H3,(H,15,17). The molecule has 0 spiro atoms. The van der Waals surface area contributed by atoms with Crippen LogP contribution in [0.25, 0.3) is 0 Å². The second-order valence-electron chi connectivity index (χ2n) is 4.27. The van der Waals surface area contributed by atoms with E-state index in [0.717, 1.165) is 15.7 Å². The smallest absolute Gasteiger partial charge is 0.205 e. The third-order valence-electron chi connectivity index (χ3n) is 2.43. The van der Waals surface area contributed by atoms with Crippen LogP contribution in [0.2, 0.25) is 0 Å². The minimum atomic E-state index is 0.403. The summed E-state index contributed by atoms with van der Waals surface area (Å²) >= 11 is 1.57. The lowest BCUT2D eigenvalue weighted by molar-refractivity contribution is 0.824. The second kappa shape index (κ2) is 5.61. The van der Waals surface area contributed by atoms with Gasteiger partial charge in [-0.2, -0.15) is 5.26 Å². The van der Waals surface area contributed by atoms with Gasteiger partial charge < -0.3 is 5.32 Å². The minimum Gasteiger partial charge on any atom is -0.356 e. The zero-order chi connectivity index (χ0) is 13.0. The molecule has 0 atom stereocenters. The van der Waals surface area contributed by atoms with Gasteiger partial charge in [-0.15, -0.1) is 10.2 Å². The molecule has 0 bridgehead atoms. The summed E-state index contributed by atoms with van der Waals surface area (Å²) in [5.41, 5.74) is 1.74. The molecule has 18 heavy (non-hydrogen) atoms. The van der Waals surface area contributed by atoms with E-state index in [2.05, 4.69) is 35.4 Å². The SMILES string of the molecule is CC(C)c1nnc(NCc2cccc(C#N)c2)s1. The van der Waals surface area contributed by atoms with Crippen LogP contribution in [0.1, 0.15) is 35.9 Å². The average molecular weight is 258 g/mol. The first-order chi connectivity index (χ1) is 8.69. The lowest BCUT2D eigenvalue weighted by Gasteiger charge is -2.02. The van der Waals surface area contributed by atoms with E-state index < -0.39 is 0 Å². The van der Waals surface area contributed by atoms with Crippen molar-refractivity contribution in [1.82, 2.24) is 10.2 Å². The van der Waals surface area contributed by atoms with Crippen LogP contribution in [-0.4, -0.2) is 10.2 Å². The summed E-state index contributed by atoms with van der Waals surface area (Å²) in [5.74, 6) is 0.403. The first kappa shape index (κ1) is 12.5. The van der Waals surface area contributed by atoms with Crippen LogP contribution in [0.3, 0.4) is 0 Å². The molecule has 5 heteroatoms. The first-order valence-corrected chi connectivity index (χ1v) is 6.57. The Labute approximate surface area is 110 Å². The zero-order valence-corrected chi connectivity index (χ0v) is 11.2. The number of hydrogen-bond acceptors (Lipinski definition) is 5. The molecule has 0 amide bonds. The molecule has 4 nitrogen and oxygen atoms in total. The Morgan fingerprint density at radius 2 is 2.22 bits per heavy atom. The largest absolute Gasteiger partial charge is 0.356 e. The number of benzene rings is 1. The van der Waals surface area contributed by atoms with Crippen LogP contribution >= 0.6 is 11.3 Å². The molecule has 0 aliphatic heterocycles. The van der Waals surface area contributed by atoms with E-state index in [-0.39, 0.29) is 0 Å². The number of nitrogens with one attached hydrogen (secondary N) is 1. The second-order valence-corrected chi connectivity index (χ2v) is 5.27. The summed E-state index contributed by atoms with van der Waals surface area (Å²) < 4.78 is 0. The molecule has 2 aromatic rings. The van der Waals surface area contributed by atoms with Crippen molar-refractivity contribution in [2.75, 3.05) is 5.32 Å². The third-order valence-corrected chi connectivity index (χ3v) is 3.62. The Morgan fingerprint density at radius 3 is 2.89 bits per heavy atom. The van der Waals surface area contributed by atoms with Crippen LogP contribution in [0.4, 0.5) is 5.13 Å². The van der Waals surface area contributed by atoms with E-state index in [1.165, 1.54) is 0 Å². The van der Waals surface area contributed by atoms with Gasteiger partial charge in [0.15, 0.2) is 0 Å². The highest BCUT2D eigenvalue weighted by molar-refractivity contribution is 7.15. The van der Waals surface area contributed by atoms with Gasteiger partial charge in [0.2, 0.25) is 5.13 Å². The molecule has 0 radical (unpaired) electrons. The van der Waals surface area contributed by atoms with Crippen molar-refractivity contribution in [2.24, 2.45) is 0 Å². The monoisotopic (exact) mass is 258 g/mol. The quantitative estimate of drug-likeness (QED) is 0.915. The maximum absolute atomic E-state index is 8.82. The average Bonchev–Trinajstić information content (AvgIpc) is 2.85. The van der Waals surface area contributed by atoms with Gasteiger partial charge in [0, 0.05) is 12.5 Å². The van der Waals surface area contributed by atoms with E-state index in [9.17, 15) is 0 Å². The van der Waals surface area contributed by atoms with Crippen molar-refractivity contribution in [3.05, 3.63) is 40.4 Å². The summed E-state index contributed by atoms with van der Waals surface area (Å²) in [6, 6.07) is 9.67. The highest BCUT2D eigenvalue weighted by atomic mass is 32.1. The summed E-state index contributed by atoms with van der Waals surface area (Å²) in [6.07, 6.45) is 0. The van der Waals surface area contributed by atoms with Gasteiger partial charge in [-0.05, 0) is 17.7 Å². The van der Waals surface area contributed by atoms with Crippen LogP contribution in [0.5, 0.6) is 0 Å². The number of nitriles is 1. The summed E-state index contributed by atoms with van der Waals surface area (Å²) in [6.45, 7) is 4.85. The highest BCUT2D eigenvalue weighted by Gasteiger charge is 2.07. The van der Waals surface area contributed by atoms with Gasteiger partial charge in [0.05, 0.1) is 11.6 Å². The van der Waals surface area contributed by atoms with E-state index in [0.29, 0.717) is 18.0 Å². The van der Waals surface area contributed by atoms with Crippen LogP contribution in [0, 0.1) is 11.3 Å². The van der Waals surface area contributed by atoms with Gasteiger partial charge >= 0.3 is 0 Å². The Kier molecular flexibility index (Phi) is 3.90. The molecule has 2 rings (SSSR count). The van der Waals surface area contributed by atoms with Gasteiger partial charge in [0.1, 0.15) is 5.01 Å². The minimum absolute atomic E-state index is 0.403. The van der Waals surface area contributed by atoms with Gasteiger partial charge in [-0.3, -0.25) is 0 Å². The number of nitrogens with zero attached hydrogens (tertiary/aromatic N) is 3. The van der Waals surface area contributed by atoms with E-state index in [4.69, 9.17) is 5.26 Å². The number of anilines is 1. The molecule has 92 valence electrons.